The van der Waals surface area contributed by atoms with Crippen molar-refractivity contribution in [3.8, 4) is 0 Å². The van der Waals surface area contributed by atoms with Crippen LogP contribution in [0.1, 0.15) is 0 Å². The second kappa shape index (κ2) is 3.74. The molecule has 2 aromatic rings. The van der Waals surface area contributed by atoms with Crippen molar-refractivity contribution >= 4 is 65.6 Å². The van der Waals surface area contributed by atoms with Crippen LogP contribution in [-0.2, 0) is 0 Å². The molecule has 0 radical (unpaired) electrons. The standard InChI is InChI=1S/C8H3BrINO2S/c9-4-3-14-6-2-1-5(11(12)13)8(10)7(4)6/h1-3H. The Balaban J connectivity index is 2.86. The molecular weight excluding hydrogens is 381 g/mol. The van der Waals surface area contributed by atoms with E-state index in [1.165, 1.54) is 0 Å². The highest BCUT2D eigenvalue weighted by Gasteiger charge is 2.16. The zero-order chi connectivity index (χ0) is 10.3. The Kier molecular flexibility index (Phi) is 2.76. The second-order valence-corrected chi connectivity index (χ2v) is 5.46. The molecule has 0 N–H and O–H groups in total. The Morgan fingerprint density at radius 3 is 2.86 bits per heavy atom. The molecule has 0 fully saturated rings. The van der Waals surface area contributed by atoms with E-state index in [9.17, 15) is 10.1 Å². The SMILES string of the molecule is O=[N+]([O-])c1ccc2scc(Br)c2c1I. The third-order valence-corrected chi connectivity index (χ3v) is 4.78. The summed E-state index contributed by atoms with van der Waals surface area (Å²) in [4.78, 5) is 10.3. The number of halogens is 2. The van der Waals surface area contributed by atoms with E-state index < -0.39 is 0 Å². The van der Waals surface area contributed by atoms with Gasteiger partial charge in [0.1, 0.15) is 3.57 Å². The second-order valence-electron chi connectivity index (χ2n) is 2.61. The lowest BCUT2D eigenvalue weighted by Crippen LogP contribution is -1.91. The van der Waals surface area contributed by atoms with Gasteiger partial charge in [-0.3, -0.25) is 10.1 Å². The highest BCUT2D eigenvalue weighted by molar-refractivity contribution is 14.1. The molecular formula is C8H3BrINO2S. The largest absolute Gasteiger partial charge is 0.283 e. The van der Waals surface area contributed by atoms with Gasteiger partial charge in [0.05, 0.1) is 4.92 Å². The quantitative estimate of drug-likeness (QED) is 0.421. The average molecular weight is 384 g/mol. The van der Waals surface area contributed by atoms with Crippen LogP contribution in [0.4, 0.5) is 5.69 Å². The molecule has 1 aromatic heterocycles. The predicted molar refractivity (Wildman–Crippen MR) is 68.9 cm³/mol. The van der Waals surface area contributed by atoms with Crippen LogP contribution >= 0.6 is 49.9 Å². The molecule has 1 aromatic carbocycles. The van der Waals surface area contributed by atoms with Gasteiger partial charge in [0.25, 0.3) is 5.69 Å². The molecule has 0 spiro atoms. The number of hydrogen-bond acceptors (Lipinski definition) is 3. The van der Waals surface area contributed by atoms with Gasteiger partial charge in [-0.15, -0.1) is 11.3 Å². The molecule has 3 nitrogen and oxygen atoms in total. The Morgan fingerprint density at radius 2 is 2.21 bits per heavy atom. The highest BCUT2D eigenvalue weighted by Crippen LogP contribution is 2.37. The van der Waals surface area contributed by atoms with Crippen LogP contribution < -0.4 is 0 Å². The first-order chi connectivity index (χ1) is 6.61. The summed E-state index contributed by atoms with van der Waals surface area (Å²) in [7, 11) is 0. The molecule has 0 atom stereocenters. The van der Waals surface area contributed by atoms with Gasteiger partial charge in [-0.1, -0.05) is 0 Å². The van der Waals surface area contributed by atoms with E-state index in [2.05, 4.69) is 15.9 Å². The van der Waals surface area contributed by atoms with E-state index in [1.807, 2.05) is 28.0 Å². The van der Waals surface area contributed by atoms with Gasteiger partial charge in [0, 0.05) is 26.0 Å². The number of nitrogens with zero attached hydrogens (tertiary/aromatic N) is 1. The van der Waals surface area contributed by atoms with E-state index in [0.717, 1.165) is 14.6 Å². The van der Waals surface area contributed by atoms with Crippen LogP contribution in [0.2, 0.25) is 0 Å². The van der Waals surface area contributed by atoms with Gasteiger partial charge >= 0.3 is 0 Å². The maximum atomic E-state index is 10.7. The van der Waals surface area contributed by atoms with Crippen LogP contribution in [0.15, 0.2) is 22.0 Å². The molecule has 0 amide bonds. The van der Waals surface area contributed by atoms with E-state index in [-0.39, 0.29) is 10.6 Å². The number of rotatable bonds is 1. The van der Waals surface area contributed by atoms with Crippen molar-refractivity contribution in [1.29, 1.82) is 0 Å². The number of nitro benzene ring substituents is 1. The Labute approximate surface area is 106 Å². The van der Waals surface area contributed by atoms with Gasteiger partial charge in [-0.2, -0.15) is 0 Å². The van der Waals surface area contributed by atoms with Crippen LogP contribution in [0, 0.1) is 13.7 Å². The van der Waals surface area contributed by atoms with Crippen molar-refractivity contribution in [2.45, 2.75) is 0 Å². The molecule has 0 unspecified atom stereocenters. The molecule has 6 heteroatoms. The first-order valence-corrected chi connectivity index (χ1v) is 6.36. The summed E-state index contributed by atoms with van der Waals surface area (Å²) >= 11 is 6.97. The third kappa shape index (κ3) is 1.55. The maximum Gasteiger partial charge on any atom is 0.283 e. The van der Waals surface area contributed by atoms with Crippen LogP contribution in [0.3, 0.4) is 0 Å². The number of benzene rings is 1. The minimum atomic E-state index is -0.356. The van der Waals surface area contributed by atoms with Crippen LogP contribution in [0.25, 0.3) is 10.1 Å². The topological polar surface area (TPSA) is 43.1 Å². The first-order valence-electron chi connectivity index (χ1n) is 3.61. The van der Waals surface area contributed by atoms with Crippen molar-refractivity contribution in [3.05, 3.63) is 35.7 Å². The highest BCUT2D eigenvalue weighted by atomic mass is 127. The van der Waals surface area contributed by atoms with Crippen LogP contribution in [0.5, 0.6) is 0 Å². The van der Waals surface area contributed by atoms with E-state index in [1.54, 1.807) is 23.5 Å². The van der Waals surface area contributed by atoms with Crippen molar-refractivity contribution in [1.82, 2.24) is 0 Å². The summed E-state index contributed by atoms with van der Waals surface area (Å²) in [6.07, 6.45) is 0. The maximum absolute atomic E-state index is 10.7. The number of hydrogen-bond donors (Lipinski definition) is 0. The molecule has 0 aliphatic carbocycles. The summed E-state index contributed by atoms with van der Waals surface area (Å²) in [6, 6.07) is 3.33. The Morgan fingerprint density at radius 1 is 1.50 bits per heavy atom. The Bertz CT molecular complexity index is 525. The average Bonchev–Trinajstić information content (AvgIpc) is 2.48. The smallest absolute Gasteiger partial charge is 0.258 e. The molecule has 1 heterocycles. The van der Waals surface area contributed by atoms with Gasteiger partial charge in [-0.25, -0.2) is 0 Å². The molecule has 0 bridgehead atoms. The number of fused-ring (bicyclic) bond motifs is 1. The fourth-order valence-corrected chi connectivity index (χ4v) is 4.34. The molecule has 0 aliphatic heterocycles. The monoisotopic (exact) mass is 383 g/mol. The van der Waals surface area contributed by atoms with Crippen molar-refractivity contribution in [2.24, 2.45) is 0 Å². The Hall–Kier alpha value is -0.210. The summed E-state index contributed by atoms with van der Waals surface area (Å²) in [5.74, 6) is 0. The summed E-state index contributed by atoms with van der Waals surface area (Å²) < 4.78 is 2.68. The lowest BCUT2D eigenvalue weighted by Gasteiger charge is -1.97. The minimum absolute atomic E-state index is 0.164. The van der Waals surface area contributed by atoms with Gasteiger partial charge in [-0.05, 0) is 44.6 Å². The summed E-state index contributed by atoms with van der Waals surface area (Å²) in [5.41, 5.74) is 0.164. The fraction of sp³-hybridized carbons (Fsp3) is 0. The van der Waals surface area contributed by atoms with Crippen molar-refractivity contribution < 1.29 is 4.92 Å². The zero-order valence-electron chi connectivity index (χ0n) is 6.66. The van der Waals surface area contributed by atoms with Crippen LogP contribution in [-0.4, -0.2) is 4.92 Å². The normalized spacial score (nSPS) is 10.7. The van der Waals surface area contributed by atoms with Crippen molar-refractivity contribution in [3.63, 3.8) is 0 Å². The zero-order valence-corrected chi connectivity index (χ0v) is 11.2. The number of thiophene rings is 1. The summed E-state index contributed by atoms with van der Waals surface area (Å²) in [5, 5.41) is 13.6. The van der Waals surface area contributed by atoms with E-state index in [0.29, 0.717) is 3.57 Å². The molecule has 2 rings (SSSR count). The van der Waals surface area contributed by atoms with Gasteiger partial charge < -0.3 is 0 Å². The third-order valence-electron chi connectivity index (χ3n) is 1.81. The molecule has 0 saturated carbocycles. The van der Waals surface area contributed by atoms with Crippen molar-refractivity contribution in [2.75, 3.05) is 0 Å². The molecule has 72 valence electrons. The number of nitro groups is 1. The lowest BCUT2D eigenvalue weighted by atomic mass is 10.2. The molecule has 0 saturated heterocycles. The lowest BCUT2D eigenvalue weighted by molar-refractivity contribution is -0.385. The van der Waals surface area contributed by atoms with Gasteiger partial charge in [0.15, 0.2) is 0 Å². The van der Waals surface area contributed by atoms with E-state index in [4.69, 9.17) is 0 Å². The van der Waals surface area contributed by atoms with E-state index >= 15 is 0 Å². The predicted octanol–water partition coefficient (Wildman–Crippen LogP) is 4.18. The molecule has 14 heavy (non-hydrogen) atoms. The molecule has 0 aliphatic rings. The fourth-order valence-electron chi connectivity index (χ4n) is 1.18. The summed E-state index contributed by atoms with van der Waals surface area (Å²) in [6.45, 7) is 0. The first kappa shape index (κ1) is 10.3. The van der Waals surface area contributed by atoms with Gasteiger partial charge in [0.2, 0.25) is 0 Å². The minimum Gasteiger partial charge on any atom is -0.258 e.